The zero-order valence-electron chi connectivity index (χ0n) is 33.1. The molecule has 2 unspecified atom stereocenters. The summed E-state index contributed by atoms with van der Waals surface area (Å²) in [6.45, 7) is 12.5. The summed E-state index contributed by atoms with van der Waals surface area (Å²) in [6, 6.07) is 8.77. The molecule has 0 bridgehead atoms. The van der Waals surface area contributed by atoms with Crippen LogP contribution in [0.3, 0.4) is 0 Å². The molecule has 0 saturated carbocycles. The Morgan fingerprint density at radius 3 is 1.61 bits per heavy atom. The molecule has 302 valence electrons. The van der Waals surface area contributed by atoms with Gasteiger partial charge in [-0.25, -0.2) is 4.39 Å². The molecule has 6 nitrogen and oxygen atoms in total. The highest BCUT2D eigenvalue weighted by Crippen LogP contribution is 2.55. The summed E-state index contributed by atoms with van der Waals surface area (Å²) in [5, 5.41) is 0. The number of nitrogens with two attached hydrogens (primary N) is 1. The standard InChI is InChI=1S/C22H33F5O3.C18H39NO2/c1-5-6-7-11-17-20(24,25)21(26,27)19(23,22(28-2,29-3)30-4)16-12-15-18-13-9-8-10-14-18;1-5-8-9-10-11-12-14-17(15-13-16-19)18(4,20-6-2)21-7-3/h8-10,13-14H,5-7,11-12,15-17H2,1-4H3;17H,5-16,19H2,1-4H3. The van der Waals surface area contributed by atoms with Crippen LogP contribution in [0.5, 0.6) is 0 Å². The van der Waals surface area contributed by atoms with Gasteiger partial charge < -0.3 is 29.4 Å². The van der Waals surface area contributed by atoms with Crippen molar-refractivity contribution in [2.45, 2.75) is 173 Å². The van der Waals surface area contributed by atoms with Crippen LogP contribution >= 0.6 is 0 Å². The zero-order valence-corrected chi connectivity index (χ0v) is 33.1. The number of benzene rings is 1. The number of alkyl halides is 5. The fourth-order valence-corrected chi connectivity index (χ4v) is 6.69. The number of hydrogen-bond donors (Lipinski definition) is 1. The Morgan fingerprint density at radius 2 is 1.12 bits per heavy atom. The van der Waals surface area contributed by atoms with E-state index in [1.165, 1.54) is 44.9 Å². The summed E-state index contributed by atoms with van der Waals surface area (Å²) in [4.78, 5) is 0. The van der Waals surface area contributed by atoms with E-state index in [2.05, 4.69) is 13.8 Å². The zero-order chi connectivity index (χ0) is 38.9. The number of rotatable bonds is 30. The maximum absolute atomic E-state index is 16.1. The van der Waals surface area contributed by atoms with Crippen molar-refractivity contribution in [2.24, 2.45) is 11.7 Å². The van der Waals surface area contributed by atoms with Crippen molar-refractivity contribution in [2.75, 3.05) is 41.1 Å². The summed E-state index contributed by atoms with van der Waals surface area (Å²) >= 11 is 0. The Balaban J connectivity index is 0.00000105. The quantitative estimate of drug-likeness (QED) is 0.0481. The highest BCUT2D eigenvalue weighted by Gasteiger charge is 2.78. The molecule has 0 aliphatic carbocycles. The number of unbranched alkanes of at least 4 members (excludes halogenated alkanes) is 8. The fraction of sp³-hybridized carbons (Fsp3) is 0.850. The van der Waals surface area contributed by atoms with Crippen LogP contribution in [0.25, 0.3) is 0 Å². The van der Waals surface area contributed by atoms with Crippen LogP contribution in [0, 0.1) is 5.92 Å². The topological polar surface area (TPSA) is 72.2 Å². The van der Waals surface area contributed by atoms with Crippen molar-refractivity contribution in [3.8, 4) is 0 Å². The summed E-state index contributed by atoms with van der Waals surface area (Å²) in [5.74, 6) is -12.7. The first kappa shape index (κ1) is 49.6. The molecule has 0 amide bonds. The highest BCUT2D eigenvalue weighted by molar-refractivity contribution is 5.15. The smallest absolute Gasteiger partial charge is 0.350 e. The number of methoxy groups -OCH3 is 3. The number of aryl methyl sites for hydroxylation is 1. The van der Waals surface area contributed by atoms with Gasteiger partial charge in [-0.3, -0.25) is 0 Å². The van der Waals surface area contributed by atoms with Gasteiger partial charge in [0.05, 0.1) is 0 Å². The van der Waals surface area contributed by atoms with Crippen molar-refractivity contribution in [3.63, 3.8) is 0 Å². The Morgan fingerprint density at radius 1 is 0.627 bits per heavy atom. The molecule has 1 aromatic carbocycles. The van der Waals surface area contributed by atoms with Crippen molar-refractivity contribution in [1.82, 2.24) is 0 Å². The van der Waals surface area contributed by atoms with Gasteiger partial charge in [-0.05, 0) is 77.8 Å². The van der Waals surface area contributed by atoms with Gasteiger partial charge in [-0.15, -0.1) is 0 Å². The Hall–Kier alpha value is -1.37. The average molecular weight is 742 g/mol. The predicted molar refractivity (Wildman–Crippen MR) is 197 cm³/mol. The summed E-state index contributed by atoms with van der Waals surface area (Å²) in [5.41, 5.74) is 2.54. The third kappa shape index (κ3) is 15.5. The lowest BCUT2D eigenvalue weighted by Crippen LogP contribution is -2.69. The van der Waals surface area contributed by atoms with Crippen LogP contribution in [0.15, 0.2) is 30.3 Å². The largest absolute Gasteiger partial charge is 0.351 e. The Labute approximate surface area is 307 Å². The minimum atomic E-state index is -5.09. The first-order valence-electron chi connectivity index (χ1n) is 19.3. The molecule has 0 aliphatic rings. The lowest BCUT2D eigenvalue weighted by Gasteiger charge is -2.46. The van der Waals surface area contributed by atoms with Crippen LogP contribution in [-0.2, 0) is 30.1 Å². The lowest BCUT2D eigenvalue weighted by atomic mass is 9.82. The maximum atomic E-state index is 16.1. The van der Waals surface area contributed by atoms with E-state index in [0.29, 0.717) is 32.0 Å². The minimum Gasteiger partial charge on any atom is -0.350 e. The molecule has 0 heterocycles. The van der Waals surface area contributed by atoms with E-state index in [4.69, 9.17) is 29.4 Å². The van der Waals surface area contributed by atoms with Crippen molar-refractivity contribution in [3.05, 3.63) is 35.9 Å². The molecule has 51 heavy (non-hydrogen) atoms. The van der Waals surface area contributed by atoms with Gasteiger partial charge in [0.2, 0.25) is 0 Å². The van der Waals surface area contributed by atoms with E-state index in [1.54, 1.807) is 30.3 Å². The monoisotopic (exact) mass is 742 g/mol. The average Bonchev–Trinajstić information content (AvgIpc) is 3.11. The third-order valence-corrected chi connectivity index (χ3v) is 9.69. The van der Waals surface area contributed by atoms with E-state index in [1.807, 2.05) is 20.8 Å². The van der Waals surface area contributed by atoms with Gasteiger partial charge in [0.15, 0.2) is 5.79 Å². The molecule has 0 spiro atoms. The molecule has 0 aromatic heterocycles. The highest BCUT2D eigenvalue weighted by atomic mass is 19.3. The van der Waals surface area contributed by atoms with E-state index in [0.717, 1.165) is 52.7 Å². The molecule has 0 fully saturated rings. The summed E-state index contributed by atoms with van der Waals surface area (Å²) < 4.78 is 102. The van der Waals surface area contributed by atoms with Crippen LogP contribution < -0.4 is 5.73 Å². The third-order valence-electron chi connectivity index (χ3n) is 9.69. The molecule has 0 aliphatic heterocycles. The molecule has 1 aromatic rings. The number of ether oxygens (including phenoxy) is 5. The molecule has 0 saturated heterocycles. The van der Waals surface area contributed by atoms with Gasteiger partial charge in [0, 0.05) is 46.9 Å². The Bertz CT molecular complexity index is 956. The summed E-state index contributed by atoms with van der Waals surface area (Å²) in [6.07, 6.45) is 10.9. The summed E-state index contributed by atoms with van der Waals surface area (Å²) in [7, 11) is 2.65. The van der Waals surface area contributed by atoms with Crippen molar-refractivity contribution in [1.29, 1.82) is 0 Å². The normalized spacial score (nSPS) is 14.5. The number of halogens is 5. The molecule has 0 radical (unpaired) electrons. The first-order chi connectivity index (χ1) is 24.2. The van der Waals surface area contributed by atoms with E-state index < -0.39 is 42.1 Å². The van der Waals surface area contributed by atoms with Crippen LogP contribution in [0.2, 0.25) is 0 Å². The first-order valence-corrected chi connectivity index (χ1v) is 19.3. The van der Waals surface area contributed by atoms with Crippen LogP contribution in [0.1, 0.15) is 143 Å². The van der Waals surface area contributed by atoms with Gasteiger partial charge in [-0.1, -0.05) is 102 Å². The second-order valence-corrected chi connectivity index (χ2v) is 13.5. The molecular formula is C40H72F5NO5. The molecule has 11 heteroatoms. The SMILES string of the molecule is CCCCCCC(F)(F)C(F)(F)C(F)(CCCc1ccccc1)C(OC)(OC)OC.CCCCCCCCC(CCCN)C(C)(OCC)OCC. The Kier molecular flexibility index (Phi) is 25.7. The molecule has 1 rings (SSSR count). The van der Waals surface area contributed by atoms with E-state index in [9.17, 15) is 8.78 Å². The maximum Gasteiger partial charge on any atom is 0.351 e. The molecule has 2 N–H and O–H groups in total. The van der Waals surface area contributed by atoms with Gasteiger partial charge in [0.1, 0.15) is 0 Å². The van der Waals surface area contributed by atoms with Crippen molar-refractivity contribution < 1.29 is 45.6 Å². The lowest BCUT2D eigenvalue weighted by molar-refractivity contribution is -0.452. The van der Waals surface area contributed by atoms with Crippen LogP contribution in [0.4, 0.5) is 22.0 Å². The second-order valence-electron chi connectivity index (χ2n) is 13.5. The molecular weight excluding hydrogens is 669 g/mol. The molecule has 2 atom stereocenters. The van der Waals surface area contributed by atoms with Crippen LogP contribution in [-0.4, -0.2) is 70.4 Å². The van der Waals surface area contributed by atoms with Gasteiger partial charge in [0.25, 0.3) is 5.67 Å². The predicted octanol–water partition coefficient (Wildman–Crippen LogP) is 11.4. The van der Waals surface area contributed by atoms with Gasteiger partial charge in [-0.2, -0.15) is 17.6 Å². The van der Waals surface area contributed by atoms with Crippen molar-refractivity contribution >= 4 is 0 Å². The van der Waals surface area contributed by atoms with Gasteiger partial charge >= 0.3 is 17.8 Å². The second kappa shape index (κ2) is 26.4. The minimum absolute atomic E-state index is 0.139. The fourth-order valence-electron chi connectivity index (χ4n) is 6.69. The van der Waals surface area contributed by atoms with E-state index >= 15 is 13.2 Å². The van der Waals surface area contributed by atoms with E-state index in [-0.39, 0.29) is 19.3 Å². The number of hydrogen-bond acceptors (Lipinski definition) is 6.